The van der Waals surface area contributed by atoms with Gasteiger partial charge in [0.15, 0.2) is 0 Å². The highest BCUT2D eigenvalue weighted by Crippen LogP contribution is 2.34. The van der Waals surface area contributed by atoms with Crippen molar-refractivity contribution >= 4 is 11.8 Å². The van der Waals surface area contributed by atoms with Gasteiger partial charge in [0.1, 0.15) is 5.75 Å². The summed E-state index contributed by atoms with van der Waals surface area (Å²) in [5, 5.41) is 20.9. The Bertz CT molecular complexity index is 876. The van der Waals surface area contributed by atoms with Crippen LogP contribution in [0.5, 0.6) is 5.75 Å². The van der Waals surface area contributed by atoms with Crippen LogP contribution in [0.15, 0.2) is 36.4 Å². The molecule has 142 valence electrons. The second kappa shape index (κ2) is 6.82. The molecule has 1 unspecified atom stereocenters. The lowest BCUT2D eigenvalue weighted by atomic mass is 9.83. The molecule has 2 N–H and O–H groups in total. The van der Waals surface area contributed by atoms with Crippen molar-refractivity contribution < 1.29 is 19.8 Å². The van der Waals surface area contributed by atoms with Gasteiger partial charge in [-0.05, 0) is 41.2 Å². The molecule has 2 aromatic rings. The van der Waals surface area contributed by atoms with Crippen LogP contribution in [0.3, 0.4) is 0 Å². The Kier molecular flexibility index (Phi) is 4.82. The number of aliphatic hydroxyl groups excluding tert-OH is 1. The Hall–Kier alpha value is -2.66. The van der Waals surface area contributed by atoms with Gasteiger partial charge in [-0.1, -0.05) is 45.0 Å². The molecule has 0 saturated carbocycles. The zero-order chi connectivity index (χ0) is 19.9. The fourth-order valence-electron chi connectivity index (χ4n) is 3.50. The maximum Gasteiger partial charge on any atom is 0.261 e. The van der Waals surface area contributed by atoms with E-state index in [0.717, 1.165) is 21.6 Å². The molecule has 0 aliphatic carbocycles. The molecule has 27 heavy (non-hydrogen) atoms. The number of phenols is 1. The number of aliphatic hydroxyl groups is 1. The fraction of sp³-hybridized carbons (Fsp3) is 0.364. The van der Waals surface area contributed by atoms with Crippen molar-refractivity contribution in [1.82, 2.24) is 4.90 Å². The van der Waals surface area contributed by atoms with E-state index in [0.29, 0.717) is 11.1 Å². The number of fused-ring (bicyclic) bond motifs is 1. The van der Waals surface area contributed by atoms with Crippen molar-refractivity contribution in [2.45, 2.75) is 45.6 Å². The van der Waals surface area contributed by atoms with E-state index in [4.69, 9.17) is 0 Å². The summed E-state index contributed by atoms with van der Waals surface area (Å²) < 4.78 is 0. The summed E-state index contributed by atoms with van der Waals surface area (Å²) in [6.07, 6.45) is -0.596. The third-order valence-corrected chi connectivity index (χ3v) is 4.91. The number of hydrogen-bond acceptors (Lipinski definition) is 4. The molecule has 0 saturated heterocycles. The van der Waals surface area contributed by atoms with E-state index in [-0.39, 0.29) is 35.9 Å². The van der Waals surface area contributed by atoms with E-state index in [2.05, 4.69) is 0 Å². The Morgan fingerprint density at radius 2 is 1.59 bits per heavy atom. The second-order valence-corrected chi connectivity index (χ2v) is 8.18. The first-order valence-corrected chi connectivity index (χ1v) is 9.06. The molecule has 1 heterocycles. The minimum Gasteiger partial charge on any atom is -0.507 e. The van der Waals surface area contributed by atoms with Gasteiger partial charge in [-0.3, -0.25) is 14.5 Å². The third-order valence-electron chi connectivity index (χ3n) is 4.91. The average Bonchev–Trinajstić information content (AvgIpc) is 2.82. The molecule has 3 rings (SSSR count). The Labute approximate surface area is 159 Å². The number of aryl methyl sites for hydroxylation is 1. The maximum atomic E-state index is 12.4. The van der Waals surface area contributed by atoms with Gasteiger partial charge in [0.2, 0.25) is 0 Å². The van der Waals surface area contributed by atoms with Crippen molar-refractivity contribution in [3.05, 3.63) is 64.2 Å². The summed E-state index contributed by atoms with van der Waals surface area (Å²) in [7, 11) is 0. The minimum absolute atomic E-state index is 0.0584. The number of aromatic hydroxyl groups is 1. The van der Waals surface area contributed by atoms with Gasteiger partial charge in [-0.25, -0.2) is 0 Å². The summed E-state index contributed by atoms with van der Waals surface area (Å²) in [6, 6.07) is 10.4. The van der Waals surface area contributed by atoms with Crippen LogP contribution in [-0.4, -0.2) is 39.6 Å². The van der Waals surface area contributed by atoms with Crippen LogP contribution in [0.2, 0.25) is 0 Å². The van der Waals surface area contributed by atoms with Gasteiger partial charge in [0.25, 0.3) is 11.8 Å². The van der Waals surface area contributed by atoms with Crippen LogP contribution in [0.25, 0.3) is 0 Å². The second-order valence-electron chi connectivity index (χ2n) is 8.18. The van der Waals surface area contributed by atoms with E-state index in [1.165, 1.54) is 0 Å². The lowest BCUT2D eigenvalue weighted by molar-refractivity contribution is 0.0544. The predicted molar refractivity (Wildman–Crippen MR) is 103 cm³/mol. The summed E-state index contributed by atoms with van der Waals surface area (Å²) in [4.78, 5) is 26.0. The van der Waals surface area contributed by atoms with Crippen LogP contribution in [0.1, 0.15) is 58.2 Å². The zero-order valence-corrected chi connectivity index (χ0v) is 16.1. The highest BCUT2D eigenvalue weighted by molar-refractivity contribution is 6.21. The standard InChI is InChI=1S/C22H25NO4/c1-13-9-14(11-18(19(13)25)22(2,3)4)10-15(24)12-23-20(26)16-7-5-6-8-17(16)21(23)27/h5-9,11,15,24-25H,10,12H2,1-4H3. The molecule has 1 aliphatic heterocycles. The average molecular weight is 367 g/mol. The molecule has 0 fully saturated rings. The number of carbonyl (C=O) groups is 2. The number of hydrogen-bond donors (Lipinski definition) is 2. The number of phenolic OH excluding ortho intramolecular Hbond substituents is 1. The van der Waals surface area contributed by atoms with Crippen LogP contribution in [0, 0.1) is 6.92 Å². The highest BCUT2D eigenvalue weighted by atomic mass is 16.3. The smallest absolute Gasteiger partial charge is 0.261 e. The van der Waals surface area contributed by atoms with Crippen molar-refractivity contribution in [3.8, 4) is 5.75 Å². The molecule has 0 bridgehead atoms. The van der Waals surface area contributed by atoms with E-state index < -0.39 is 6.10 Å². The number of amides is 2. The van der Waals surface area contributed by atoms with E-state index in [1.807, 2.05) is 39.8 Å². The van der Waals surface area contributed by atoms with Crippen molar-refractivity contribution in [1.29, 1.82) is 0 Å². The van der Waals surface area contributed by atoms with Gasteiger partial charge in [-0.15, -0.1) is 0 Å². The quantitative estimate of drug-likeness (QED) is 0.814. The number of rotatable bonds is 4. The molecule has 0 spiro atoms. The highest BCUT2D eigenvalue weighted by Gasteiger charge is 2.36. The summed E-state index contributed by atoms with van der Waals surface area (Å²) >= 11 is 0. The number of β-amino-alcohol motifs (C(OH)–C–C–N with tert-alkyl or cyclic N) is 1. The molecular weight excluding hydrogens is 342 g/mol. The lowest BCUT2D eigenvalue weighted by Crippen LogP contribution is -2.37. The van der Waals surface area contributed by atoms with Gasteiger partial charge in [0.05, 0.1) is 23.8 Å². The number of benzene rings is 2. The topological polar surface area (TPSA) is 77.8 Å². The number of nitrogens with zero attached hydrogens (tertiary/aromatic N) is 1. The first-order chi connectivity index (χ1) is 12.6. The van der Waals surface area contributed by atoms with Crippen LogP contribution < -0.4 is 0 Å². The number of imide groups is 1. The number of carbonyl (C=O) groups excluding carboxylic acids is 2. The van der Waals surface area contributed by atoms with E-state index in [1.54, 1.807) is 24.3 Å². The third kappa shape index (κ3) is 3.60. The van der Waals surface area contributed by atoms with Crippen LogP contribution in [0.4, 0.5) is 0 Å². The van der Waals surface area contributed by atoms with Gasteiger partial charge >= 0.3 is 0 Å². The molecule has 0 radical (unpaired) electrons. The first kappa shape index (κ1) is 19.1. The Balaban J connectivity index is 1.78. The van der Waals surface area contributed by atoms with Gasteiger partial charge in [-0.2, -0.15) is 0 Å². The normalized spacial score (nSPS) is 15.2. The van der Waals surface area contributed by atoms with Gasteiger partial charge in [0, 0.05) is 6.42 Å². The fourth-order valence-corrected chi connectivity index (χ4v) is 3.50. The summed E-state index contributed by atoms with van der Waals surface area (Å²) in [6.45, 7) is 7.81. The Morgan fingerprint density at radius 1 is 1.04 bits per heavy atom. The van der Waals surface area contributed by atoms with Crippen molar-refractivity contribution in [3.63, 3.8) is 0 Å². The zero-order valence-electron chi connectivity index (χ0n) is 16.1. The first-order valence-electron chi connectivity index (χ1n) is 9.06. The van der Waals surface area contributed by atoms with Crippen molar-refractivity contribution in [2.75, 3.05) is 6.54 Å². The summed E-state index contributed by atoms with van der Waals surface area (Å²) in [5.41, 5.74) is 2.93. The minimum atomic E-state index is -0.885. The van der Waals surface area contributed by atoms with Crippen LogP contribution >= 0.6 is 0 Å². The molecule has 1 aliphatic rings. The van der Waals surface area contributed by atoms with Crippen LogP contribution in [-0.2, 0) is 11.8 Å². The molecular formula is C22H25NO4. The molecule has 5 nitrogen and oxygen atoms in total. The van der Waals surface area contributed by atoms with E-state index >= 15 is 0 Å². The monoisotopic (exact) mass is 367 g/mol. The molecule has 2 aromatic carbocycles. The lowest BCUT2D eigenvalue weighted by Gasteiger charge is -2.24. The molecule has 2 amide bonds. The SMILES string of the molecule is Cc1cc(CC(O)CN2C(=O)c3ccccc3C2=O)cc(C(C)(C)C)c1O. The molecule has 1 atom stereocenters. The Morgan fingerprint density at radius 3 is 2.11 bits per heavy atom. The largest absolute Gasteiger partial charge is 0.507 e. The summed E-state index contributed by atoms with van der Waals surface area (Å²) in [5.74, 6) is -0.472. The molecule has 5 heteroatoms. The van der Waals surface area contributed by atoms with Gasteiger partial charge < -0.3 is 10.2 Å². The molecule has 0 aromatic heterocycles. The van der Waals surface area contributed by atoms with Crippen molar-refractivity contribution in [2.24, 2.45) is 0 Å². The maximum absolute atomic E-state index is 12.4. The van der Waals surface area contributed by atoms with E-state index in [9.17, 15) is 19.8 Å². The predicted octanol–water partition coefficient (Wildman–Crippen LogP) is 3.20.